The van der Waals surface area contributed by atoms with Crippen molar-refractivity contribution in [2.45, 2.75) is 11.1 Å². The maximum absolute atomic E-state index is 12.8. The highest BCUT2D eigenvalue weighted by molar-refractivity contribution is 7.92. The second-order valence-corrected chi connectivity index (χ2v) is 5.59. The van der Waals surface area contributed by atoms with Crippen molar-refractivity contribution in [3.8, 4) is 6.07 Å². The average molecular weight is 316 g/mol. The third-order valence-electron chi connectivity index (χ3n) is 2.48. The number of aromatic nitrogens is 2. The summed E-state index contributed by atoms with van der Waals surface area (Å²) in [5.41, 5.74) is -2.10. The van der Waals surface area contributed by atoms with Gasteiger partial charge >= 0.3 is 6.18 Å². The third-order valence-corrected chi connectivity index (χ3v) is 3.83. The van der Waals surface area contributed by atoms with Crippen LogP contribution in [0.3, 0.4) is 0 Å². The van der Waals surface area contributed by atoms with Crippen LogP contribution in [0.25, 0.3) is 0 Å². The lowest BCUT2D eigenvalue weighted by atomic mass is 10.1. The lowest BCUT2D eigenvalue weighted by molar-refractivity contribution is -0.137. The number of H-pyrrole nitrogens is 1. The molecule has 0 aliphatic rings. The Bertz CT molecular complexity index is 792. The second-order valence-electron chi connectivity index (χ2n) is 3.91. The number of nitriles is 1. The largest absolute Gasteiger partial charge is 0.417 e. The molecule has 6 nitrogen and oxygen atoms in total. The molecule has 0 saturated carbocycles. The molecule has 21 heavy (non-hydrogen) atoms. The van der Waals surface area contributed by atoms with Crippen LogP contribution < -0.4 is 4.72 Å². The van der Waals surface area contributed by atoms with Crippen LogP contribution in [-0.4, -0.2) is 18.6 Å². The number of aromatic amines is 1. The zero-order chi connectivity index (χ0) is 15.7. The number of hydrogen-bond acceptors (Lipinski definition) is 4. The zero-order valence-electron chi connectivity index (χ0n) is 10.1. The Balaban J connectivity index is 2.41. The second kappa shape index (κ2) is 5.10. The number of nitrogens with zero attached hydrogens (tertiary/aromatic N) is 2. The van der Waals surface area contributed by atoms with E-state index in [-0.39, 0.29) is 10.6 Å². The lowest BCUT2D eigenvalue weighted by Crippen LogP contribution is -2.14. The summed E-state index contributed by atoms with van der Waals surface area (Å²) in [6.07, 6.45) is -2.67. The minimum absolute atomic E-state index is 0.222. The Kier molecular flexibility index (Phi) is 3.61. The molecule has 1 aromatic heterocycles. The monoisotopic (exact) mass is 316 g/mol. The highest BCUT2D eigenvalue weighted by Crippen LogP contribution is 2.33. The first-order valence-corrected chi connectivity index (χ1v) is 6.85. The summed E-state index contributed by atoms with van der Waals surface area (Å²) < 4.78 is 64.0. The normalized spacial score (nSPS) is 11.9. The maximum atomic E-state index is 12.8. The molecule has 0 atom stereocenters. The van der Waals surface area contributed by atoms with Gasteiger partial charge in [-0.15, -0.1) is 0 Å². The molecule has 2 aromatic rings. The molecule has 0 saturated heterocycles. The molecule has 0 spiro atoms. The summed E-state index contributed by atoms with van der Waals surface area (Å²) in [6, 6.07) is 3.95. The van der Waals surface area contributed by atoms with Gasteiger partial charge in [-0.2, -0.15) is 23.5 Å². The number of alkyl halides is 3. The highest BCUT2D eigenvalue weighted by atomic mass is 32.2. The van der Waals surface area contributed by atoms with Crippen molar-refractivity contribution in [1.82, 2.24) is 10.2 Å². The van der Waals surface area contributed by atoms with Gasteiger partial charge in [0.15, 0.2) is 0 Å². The van der Waals surface area contributed by atoms with Crippen LogP contribution in [0.15, 0.2) is 35.5 Å². The smallest absolute Gasteiger partial charge is 0.284 e. The fraction of sp³-hybridized carbons (Fsp3) is 0.0909. The van der Waals surface area contributed by atoms with Gasteiger partial charge in [0.05, 0.1) is 23.4 Å². The summed E-state index contributed by atoms with van der Waals surface area (Å²) in [4.78, 5) is -0.222. The molecule has 1 heterocycles. The topological polar surface area (TPSA) is 98.6 Å². The predicted octanol–water partition coefficient (Wildman–Crippen LogP) is 2.10. The number of benzene rings is 1. The fourth-order valence-corrected chi connectivity index (χ4v) is 2.49. The van der Waals surface area contributed by atoms with Crippen molar-refractivity contribution in [3.05, 3.63) is 41.7 Å². The standard InChI is InChI=1S/C11H7F3N4O2S/c12-11(13,14)10-3-8(2-1-7(10)4-15)18-21(19,20)9-5-16-17-6-9/h1-3,5-6,18H,(H,16,17). The quantitative estimate of drug-likeness (QED) is 0.906. The Morgan fingerprint density at radius 3 is 2.57 bits per heavy atom. The lowest BCUT2D eigenvalue weighted by Gasteiger charge is -2.12. The van der Waals surface area contributed by atoms with Crippen molar-refractivity contribution in [1.29, 1.82) is 5.26 Å². The molecule has 2 rings (SSSR count). The van der Waals surface area contributed by atoms with Gasteiger partial charge in [0.1, 0.15) is 4.90 Å². The predicted molar refractivity (Wildman–Crippen MR) is 65.6 cm³/mol. The number of sulfonamides is 1. The van der Waals surface area contributed by atoms with Gasteiger partial charge in [-0.1, -0.05) is 0 Å². The molecule has 1 aromatic carbocycles. The molecule has 0 bridgehead atoms. The van der Waals surface area contributed by atoms with Crippen LogP contribution in [0.4, 0.5) is 18.9 Å². The number of rotatable bonds is 3. The van der Waals surface area contributed by atoms with Gasteiger partial charge in [-0.05, 0) is 18.2 Å². The van der Waals surface area contributed by atoms with E-state index in [9.17, 15) is 21.6 Å². The van der Waals surface area contributed by atoms with E-state index >= 15 is 0 Å². The van der Waals surface area contributed by atoms with Crippen molar-refractivity contribution in [2.75, 3.05) is 4.72 Å². The van der Waals surface area contributed by atoms with Crippen molar-refractivity contribution < 1.29 is 21.6 Å². The van der Waals surface area contributed by atoms with E-state index in [1.807, 2.05) is 4.72 Å². The molecule has 0 radical (unpaired) electrons. The summed E-state index contributed by atoms with van der Waals surface area (Å²) in [5.74, 6) is 0. The molecule has 0 aliphatic carbocycles. The molecular formula is C11H7F3N4O2S. The Hall–Kier alpha value is -2.54. The van der Waals surface area contributed by atoms with Gasteiger partial charge in [0.2, 0.25) is 0 Å². The minimum Gasteiger partial charge on any atom is -0.284 e. The molecule has 0 unspecified atom stereocenters. The van der Waals surface area contributed by atoms with Crippen molar-refractivity contribution in [2.24, 2.45) is 0 Å². The van der Waals surface area contributed by atoms with Gasteiger partial charge in [-0.25, -0.2) is 8.42 Å². The van der Waals surface area contributed by atoms with Crippen LogP contribution in [0, 0.1) is 11.3 Å². The molecule has 0 amide bonds. The van der Waals surface area contributed by atoms with Gasteiger partial charge in [0, 0.05) is 11.9 Å². The van der Waals surface area contributed by atoms with E-state index in [2.05, 4.69) is 10.2 Å². The van der Waals surface area contributed by atoms with Gasteiger partial charge in [0.25, 0.3) is 10.0 Å². The molecule has 0 aliphatic heterocycles. The first-order chi connectivity index (χ1) is 9.74. The number of halogens is 3. The average Bonchev–Trinajstić information content (AvgIpc) is 2.92. The molecule has 10 heteroatoms. The van der Waals surface area contributed by atoms with Crippen molar-refractivity contribution >= 4 is 15.7 Å². The van der Waals surface area contributed by atoms with Crippen LogP contribution in [0.2, 0.25) is 0 Å². The van der Waals surface area contributed by atoms with Gasteiger partial charge < -0.3 is 0 Å². The zero-order valence-corrected chi connectivity index (χ0v) is 11.0. The Labute approximate surface area is 117 Å². The van der Waals surface area contributed by atoms with Crippen LogP contribution in [0.1, 0.15) is 11.1 Å². The number of anilines is 1. The molecule has 0 fully saturated rings. The van der Waals surface area contributed by atoms with E-state index in [0.29, 0.717) is 6.07 Å². The van der Waals surface area contributed by atoms with E-state index < -0.39 is 27.3 Å². The Morgan fingerprint density at radius 1 is 1.33 bits per heavy atom. The SMILES string of the molecule is N#Cc1ccc(NS(=O)(=O)c2cn[nH]c2)cc1C(F)(F)F. The van der Waals surface area contributed by atoms with Crippen LogP contribution in [0.5, 0.6) is 0 Å². The maximum Gasteiger partial charge on any atom is 0.417 e. The van der Waals surface area contributed by atoms with E-state index in [1.165, 1.54) is 6.07 Å². The van der Waals surface area contributed by atoms with E-state index in [0.717, 1.165) is 24.5 Å². The first-order valence-electron chi connectivity index (χ1n) is 5.37. The summed E-state index contributed by atoms with van der Waals surface area (Å²) in [7, 11) is -4.05. The molecule has 110 valence electrons. The van der Waals surface area contributed by atoms with E-state index in [4.69, 9.17) is 5.26 Å². The van der Waals surface area contributed by atoms with Crippen molar-refractivity contribution in [3.63, 3.8) is 0 Å². The molecule has 2 N–H and O–H groups in total. The highest BCUT2D eigenvalue weighted by Gasteiger charge is 2.34. The number of nitrogens with one attached hydrogen (secondary N) is 2. The fourth-order valence-electron chi connectivity index (χ4n) is 1.54. The minimum atomic E-state index is -4.76. The summed E-state index contributed by atoms with van der Waals surface area (Å²) in [6.45, 7) is 0. The van der Waals surface area contributed by atoms with E-state index in [1.54, 1.807) is 0 Å². The Morgan fingerprint density at radius 2 is 2.05 bits per heavy atom. The van der Waals surface area contributed by atoms with Crippen LogP contribution >= 0.6 is 0 Å². The number of hydrogen-bond donors (Lipinski definition) is 2. The molecular weight excluding hydrogens is 309 g/mol. The van der Waals surface area contributed by atoms with Crippen LogP contribution in [-0.2, 0) is 16.2 Å². The first kappa shape index (κ1) is 14.9. The van der Waals surface area contributed by atoms with Gasteiger partial charge in [-0.3, -0.25) is 9.82 Å². The summed E-state index contributed by atoms with van der Waals surface area (Å²) in [5, 5.41) is 14.4. The summed E-state index contributed by atoms with van der Waals surface area (Å²) >= 11 is 0. The third kappa shape index (κ3) is 3.14.